The van der Waals surface area contributed by atoms with Crippen molar-refractivity contribution in [1.82, 2.24) is 14.7 Å². The number of likely N-dealkylation sites (tertiary alicyclic amines) is 1. The first-order valence-electron chi connectivity index (χ1n) is 9.00. The van der Waals surface area contributed by atoms with E-state index in [0.717, 1.165) is 12.5 Å². The van der Waals surface area contributed by atoms with E-state index in [1.807, 2.05) is 4.90 Å². The van der Waals surface area contributed by atoms with Gasteiger partial charge in [-0.25, -0.2) is 0 Å². The fourth-order valence-electron chi connectivity index (χ4n) is 5.15. The third-order valence-electron chi connectivity index (χ3n) is 6.36. The largest absolute Gasteiger partial charge is 0.392 e. The maximum absolute atomic E-state index is 12.8. The van der Waals surface area contributed by atoms with Crippen molar-refractivity contribution in [3.8, 4) is 0 Å². The van der Waals surface area contributed by atoms with Crippen molar-refractivity contribution in [2.45, 2.75) is 56.2 Å². The van der Waals surface area contributed by atoms with Crippen LogP contribution in [0.4, 0.5) is 0 Å². The molecule has 0 aromatic heterocycles. The average molecular weight is 321 g/mol. The Morgan fingerprint density at radius 1 is 1.17 bits per heavy atom. The molecule has 1 saturated carbocycles. The predicted molar refractivity (Wildman–Crippen MR) is 84.6 cm³/mol. The molecule has 3 saturated heterocycles. The second kappa shape index (κ2) is 5.53. The molecule has 1 aliphatic carbocycles. The van der Waals surface area contributed by atoms with E-state index in [2.05, 4.69) is 4.90 Å². The summed E-state index contributed by atoms with van der Waals surface area (Å²) >= 11 is 0. The highest BCUT2D eigenvalue weighted by Crippen LogP contribution is 2.40. The first-order valence-corrected chi connectivity index (χ1v) is 9.00. The fraction of sp³-hybridized carbons (Fsp3) is 0.882. The van der Waals surface area contributed by atoms with Gasteiger partial charge in [0.25, 0.3) is 5.91 Å². The highest BCUT2D eigenvalue weighted by molar-refractivity contribution is 6.05. The molecule has 6 nitrogen and oxygen atoms in total. The van der Waals surface area contributed by atoms with Gasteiger partial charge in [0, 0.05) is 33.2 Å². The van der Waals surface area contributed by atoms with Crippen LogP contribution < -0.4 is 0 Å². The molecule has 2 amide bonds. The minimum atomic E-state index is -0.570. The second-order valence-electron chi connectivity index (χ2n) is 7.97. The van der Waals surface area contributed by atoms with Crippen LogP contribution in [0.1, 0.15) is 38.5 Å². The lowest BCUT2D eigenvalue weighted by Crippen LogP contribution is -2.81. The maximum atomic E-state index is 12.8. The number of imide groups is 1. The Hall–Kier alpha value is -0.980. The number of rotatable bonds is 2. The summed E-state index contributed by atoms with van der Waals surface area (Å²) in [7, 11) is 1.60. The molecule has 0 aromatic carbocycles. The fourth-order valence-corrected chi connectivity index (χ4v) is 5.15. The molecule has 2 unspecified atom stereocenters. The van der Waals surface area contributed by atoms with Crippen LogP contribution in [0, 0.1) is 5.92 Å². The molecule has 1 N–H and O–H groups in total. The zero-order chi connectivity index (χ0) is 16.2. The Kier molecular flexibility index (Phi) is 3.74. The third-order valence-corrected chi connectivity index (χ3v) is 6.36. The third kappa shape index (κ3) is 2.34. The zero-order valence-corrected chi connectivity index (χ0v) is 13.9. The minimum Gasteiger partial charge on any atom is -0.392 e. The number of carbonyl (C=O) groups excluding carboxylic acids is 2. The van der Waals surface area contributed by atoms with Crippen molar-refractivity contribution >= 4 is 11.8 Å². The molecule has 23 heavy (non-hydrogen) atoms. The Morgan fingerprint density at radius 2 is 1.87 bits per heavy atom. The summed E-state index contributed by atoms with van der Waals surface area (Å²) in [5.41, 5.74) is -0.570. The van der Waals surface area contributed by atoms with Crippen LogP contribution in [0.3, 0.4) is 0 Å². The van der Waals surface area contributed by atoms with Crippen molar-refractivity contribution in [2.75, 3.05) is 33.2 Å². The lowest BCUT2D eigenvalue weighted by Gasteiger charge is -2.58. The molecular formula is C17H27N3O3. The summed E-state index contributed by atoms with van der Waals surface area (Å²) in [5, 5.41) is 9.99. The highest BCUT2D eigenvalue weighted by Gasteiger charge is 2.63. The lowest BCUT2D eigenvalue weighted by molar-refractivity contribution is -0.178. The number of fused-ring (bicyclic) bond motifs is 2. The van der Waals surface area contributed by atoms with Crippen LogP contribution in [-0.2, 0) is 9.59 Å². The van der Waals surface area contributed by atoms with E-state index in [1.54, 1.807) is 7.05 Å². The number of hydrogen-bond acceptors (Lipinski definition) is 5. The van der Waals surface area contributed by atoms with Gasteiger partial charge in [0.2, 0.25) is 5.91 Å². The maximum Gasteiger partial charge on any atom is 0.252 e. The van der Waals surface area contributed by atoms with Gasteiger partial charge in [-0.2, -0.15) is 0 Å². The second-order valence-corrected chi connectivity index (χ2v) is 7.97. The average Bonchev–Trinajstić information content (AvgIpc) is 2.90. The monoisotopic (exact) mass is 321 g/mol. The molecule has 4 fully saturated rings. The van der Waals surface area contributed by atoms with E-state index in [4.69, 9.17) is 0 Å². The number of hydrogen-bond donors (Lipinski definition) is 1. The summed E-state index contributed by atoms with van der Waals surface area (Å²) in [6, 6.07) is -0.315. The number of carbonyl (C=O) groups is 2. The van der Waals surface area contributed by atoms with Crippen molar-refractivity contribution in [3.63, 3.8) is 0 Å². The Morgan fingerprint density at radius 3 is 2.57 bits per heavy atom. The van der Waals surface area contributed by atoms with Gasteiger partial charge in [0.1, 0.15) is 5.54 Å². The van der Waals surface area contributed by atoms with Crippen LogP contribution in [0.5, 0.6) is 0 Å². The predicted octanol–water partition coefficient (Wildman–Crippen LogP) is 0.0549. The summed E-state index contributed by atoms with van der Waals surface area (Å²) in [4.78, 5) is 30.8. The van der Waals surface area contributed by atoms with Gasteiger partial charge in [0.15, 0.2) is 0 Å². The van der Waals surface area contributed by atoms with E-state index in [9.17, 15) is 14.7 Å². The van der Waals surface area contributed by atoms with Gasteiger partial charge < -0.3 is 5.11 Å². The smallest absolute Gasteiger partial charge is 0.252 e. The number of aliphatic hydroxyl groups is 1. The number of amides is 2. The molecule has 3 heterocycles. The molecular weight excluding hydrogens is 294 g/mol. The Labute approximate surface area is 137 Å². The van der Waals surface area contributed by atoms with E-state index in [0.29, 0.717) is 26.1 Å². The van der Waals surface area contributed by atoms with E-state index in [-0.39, 0.29) is 17.9 Å². The standard InChI is InChI=1S/C17H27N3O3/c1-18-15(22)14-7-13(21)9-20(14)17(16(18)23)10-19(11-17)8-12-5-3-2-4-6-12/h12-14,21H,2-11H2,1H3. The van der Waals surface area contributed by atoms with Crippen LogP contribution in [0.2, 0.25) is 0 Å². The molecule has 4 rings (SSSR count). The van der Waals surface area contributed by atoms with Crippen molar-refractivity contribution in [3.05, 3.63) is 0 Å². The van der Waals surface area contributed by atoms with Gasteiger partial charge in [-0.3, -0.25) is 24.3 Å². The summed E-state index contributed by atoms with van der Waals surface area (Å²) in [6.07, 6.45) is 6.61. The van der Waals surface area contributed by atoms with Gasteiger partial charge in [-0.1, -0.05) is 19.3 Å². The number of likely N-dealkylation sites (N-methyl/N-ethyl adjacent to an activating group) is 1. The van der Waals surface area contributed by atoms with Crippen LogP contribution >= 0.6 is 0 Å². The first-order chi connectivity index (χ1) is 11.0. The van der Waals surface area contributed by atoms with Gasteiger partial charge >= 0.3 is 0 Å². The number of piperazine rings is 1. The van der Waals surface area contributed by atoms with E-state index in [1.165, 1.54) is 37.0 Å². The number of aliphatic hydroxyl groups excluding tert-OH is 1. The zero-order valence-electron chi connectivity index (χ0n) is 13.9. The van der Waals surface area contributed by atoms with Crippen molar-refractivity contribution in [2.24, 2.45) is 5.92 Å². The topological polar surface area (TPSA) is 64.1 Å². The normalized spacial score (nSPS) is 35.7. The SMILES string of the molecule is CN1C(=O)C2CC(O)CN2C2(CN(CC3CCCCC3)C2)C1=O. The van der Waals surface area contributed by atoms with Gasteiger partial charge in [-0.05, 0) is 25.2 Å². The van der Waals surface area contributed by atoms with Crippen LogP contribution in [-0.4, -0.2) is 82.5 Å². The molecule has 3 aliphatic heterocycles. The molecule has 6 heteroatoms. The minimum absolute atomic E-state index is 0.0762. The molecule has 4 aliphatic rings. The highest BCUT2D eigenvalue weighted by atomic mass is 16.3. The quantitative estimate of drug-likeness (QED) is 0.729. The lowest BCUT2D eigenvalue weighted by atomic mass is 9.80. The Bertz CT molecular complexity index is 511. The first kappa shape index (κ1) is 15.5. The molecule has 128 valence electrons. The van der Waals surface area contributed by atoms with Crippen LogP contribution in [0.15, 0.2) is 0 Å². The molecule has 0 radical (unpaired) electrons. The Balaban J connectivity index is 1.47. The summed E-state index contributed by atoms with van der Waals surface area (Å²) in [6.45, 7) is 2.95. The number of nitrogens with zero attached hydrogens (tertiary/aromatic N) is 3. The van der Waals surface area contributed by atoms with E-state index < -0.39 is 11.6 Å². The molecule has 1 spiro atoms. The van der Waals surface area contributed by atoms with Crippen LogP contribution in [0.25, 0.3) is 0 Å². The van der Waals surface area contributed by atoms with Gasteiger partial charge in [0.05, 0.1) is 12.1 Å². The summed E-state index contributed by atoms with van der Waals surface area (Å²) < 4.78 is 0. The summed E-state index contributed by atoms with van der Waals surface area (Å²) in [5.74, 6) is 0.537. The molecule has 0 bridgehead atoms. The van der Waals surface area contributed by atoms with E-state index >= 15 is 0 Å². The van der Waals surface area contributed by atoms with Crippen molar-refractivity contribution < 1.29 is 14.7 Å². The molecule has 2 atom stereocenters. The molecule has 0 aromatic rings. The van der Waals surface area contributed by atoms with Gasteiger partial charge in [-0.15, -0.1) is 0 Å². The number of β-amino-alcohol motifs (C(OH)–C–C–N with tert-alkyl or cyclic N) is 1. The van der Waals surface area contributed by atoms with Crippen molar-refractivity contribution in [1.29, 1.82) is 0 Å².